The van der Waals surface area contributed by atoms with Crippen LogP contribution in [-0.4, -0.2) is 156 Å². The van der Waals surface area contributed by atoms with E-state index in [1.165, 1.54) is 58.4 Å². The molecular weight excluding hydrogens is 915 g/mol. The van der Waals surface area contributed by atoms with Crippen molar-refractivity contribution < 1.29 is 67.5 Å². The predicted octanol–water partition coefficient (Wildman–Crippen LogP) is 2.01. The second kappa shape index (κ2) is 51.7. The van der Waals surface area contributed by atoms with Crippen LogP contribution in [0.2, 0.25) is 0 Å². The van der Waals surface area contributed by atoms with Crippen LogP contribution >= 0.6 is 0 Å². The number of primary amides is 1. The SMILES string of the molecule is CC(=O)O.CC(C)C(N)=O.CNC(=O)[C@@H](CCCN=C(N)N)NC(=O)COCCOCCNC(=O)COCCOCCNC(=O)CCCNC(=O)CCCCCCCCCCCCCCCCC(=O)O. The molecule has 0 saturated carbocycles. The van der Waals surface area contributed by atoms with Gasteiger partial charge in [-0.25, -0.2) is 0 Å². The molecule has 0 aromatic rings. The average molecular weight is 1010 g/mol. The molecule has 0 saturated heterocycles. The van der Waals surface area contributed by atoms with Crippen LogP contribution in [0, 0.1) is 5.92 Å². The van der Waals surface area contributed by atoms with Crippen LogP contribution in [-0.2, 0) is 57.3 Å². The number of likely N-dealkylation sites (N-methyl/N-ethyl adjacent to an activating group) is 1. The number of amides is 6. The first kappa shape index (κ1) is 69.1. The van der Waals surface area contributed by atoms with Gasteiger partial charge in [-0.05, 0) is 32.1 Å². The van der Waals surface area contributed by atoms with Gasteiger partial charge in [0.2, 0.25) is 35.4 Å². The maximum absolute atomic E-state index is 12.1. The zero-order valence-electron chi connectivity index (χ0n) is 42.8. The van der Waals surface area contributed by atoms with Gasteiger partial charge in [0.25, 0.3) is 5.97 Å². The number of carbonyl (C=O) groups is 8. The molecule has 0 aromatic heterocycles. The summed E-state index contributed by atoms with van der Waals surface area (Å²) in [6.45, 7) is 7.06. The molecule has 408 valence electrons. The summed E-state index contributed by atoms with van der Waals surface area (Å²) in [6.07, 6.45) is 18.6. The molecule has 0 fully saturated rings. The summed E-state index contributed by atoms with van der Waals surface area (Å²) in [4.78, 5) is 93.5. The van der Waals surface area contributed by atoms with Gasteiger partial charge in [0.15, 0.2) is 5.96 Å². The third-order valence-electron chi connectivity index (χ3n) is 9.71. The lowest BCUT2D eigenvalue weighted by molar-refractivity contribution is -0.137. The van der Waals surface area contributed by atoms with Crippen molar-refractivity contribution in [1.82, 2.24) is 26.6 Å². The Kier molecular flexibility index (Phi) is 51.1. The maximum Gasteiger partial charge on any atom is 0.303 e. The van der Waals surface area contributed by atoms with Crippen LogP contribution in [0.4, 0.5) is 0 Å². The number of nitrogens with zero attached hydrogens (tertiary/aromatic N) is 1. The summed E-state index contributed by atoms with van der Waals surface area (Å²) < 4.78 is 21.4. The molecule has 0 spiro atoms. The van der Waals surface area contributed by atoms with E-state index in [0.29, 0.717) is 58.3 Å². The molecule has 70 heavy (non-hydrogen) atoms. The highest BCUT2D eigenvalue weighted by atomic mass is 16.5. The molecule has 0 radical (unpaired) electrons. The summed E-state index contributed by atoms with van der Waals surface area (Å²) in [5.41, 5.74) is 15.4. The first-order valence-electron chi connectivity index (χ1n) is 24.8. The Hall–Kier alpha value is -5.13. The van der Waals surface area contributed by atoms with Gasteiger partial charge in [-0.2, -0.15) is 0 Å². The first-order chi connectivity index (χ1) is 33.4. The molecule has 1 atom stereocenters. The maximum atomic E-state index is 12.1. The number of hydrogen-bond acceptors (Lipinski definition) is 13. The Morgan fingerprint density at radius 1 is 0.514 bits per heavy atom. The number of guanidine groups is 1. The third kappa shape index (κ3) is 59.0. The Labute approximate surface area is 416 Å². The summed E-state index contributed by atoms with van der Waals surface area (Å²) in [6, 6.07) is -0.734. The molecule has 6 amide bonds. The Morgan fingerprint density at radius 3 is 1.33 bits per heavy atom. The molecule has 0 bridgehead atoms. The fourth-order valence-corrected chi connectivity index (χ4v) is 5.87. The van der Waals surface area contributed by atoms with Crippen LogP contribution < -0.4 is 43.8 Å². The van der Waals surface area contributed by atoms with Crippen LogP contribution in [0.5, 0.6) is 0 Å². The molecule has 13 N–H and O–H groups in total. The van der Waals surface area contributed by atoms with Crippen molar-refractivity contribution in [2.45, 2.75) is 155 Å². The number of unbranched alkanes of at least 4 members (excludes halogenated alkanes) is 13. The van der Waals surface area contributed by atoms with Gasteiger partial charge in [-0.3, -0.25) is 43.3 Å². The van der Waals surface area contributed by atoms with Gasteiger partial charge in [0.1, 0.15) is 19.3 Å². The Morgan fingerprint density at radius 2 is 0.900 bits per heavy atom. The minimum Gasteiger partial charge on any atom is -0.481 e. The molecule has 0 heterocycles. The molecule has 0 rings (SSSR count). The van der Waals surface area contributed by atoms with Crippen molar-refractivity contribution in [1.29, 1.82) is 0 Å². The number of carbonyl (C=O) groups excluding carboxylic acids is 6. The number of carboxylic acid groups (broad SMARTS) is 2. The molecular formula is C47H91N9O14. The molecule has 0 aliphatic rings. The van der Waals surface area contributed by atoms with E-state index < -0.39 is 23.9 Å². The predicted molar refractivity (Wildman–Crippen MR) is 266 cm³/mol. The molecule has 23 nitrogen and oxygen atoms in total. The second-order valence-electron chi connectivity index (χ2n) is 16.6. The van der Waals surface area contributed by atoms with Gasteiger partial charge in [0, 0.05) is 65.3 Å². The van der Waals surface area contributed by atoms with Crippen LogP contribution in [0.25, 0.3) is 0 Å². The fraction of sp³-hybridized carbons (Fsp3) is 0.809. The van der Waals surface area contributed by atoms with Gasteiger partial charge in [-0.1, -0.05) is 90.9 Å². The van der Waals surface area contributed by atoms with Crippen LogP contribution in [0.1, 0.15) is 149 Å². The minimum absolute atomic E-state index is 0.00926. The topological polar surface area (TPSA) is 365 Å². The van der Waals surface area contributed by atoms with Gasteiger partial charge in [0.05, 0.1) is 39.6 Å². The summed E-state index contributed by atoms with van der Waals surface area (Å²) in [5, 5.41) is 29.5. The minimum atomic E-state index is -0.833. The monoisotopic (exact) mass is 1010 g/mol. The lowest BCUT2D eigenvalue weighted by atomic mass is 10.0. The van der Waals surface area contributed by atoms with Crippen molar-refractivity contribution in [3.05, 3.63) is 0 Å². The number of nitrogens with two attached hydrogens (primary N) is 3. The van der Waals surface area contributed by atoms with Crippen molar-refractivity contribution in [2.24, 2.45) is 28.1 Å². The van der Waals surface area contributed by atoms with E-state index in [1.54, 1.807) is 13.8 Å². The van der Waals surface area contributed by atoms with Crippen molar-refractivity contribution in [2.75, 3.05) is 86.1 Å². The number of ether oxygens (including phenoxy) is 4. The molecule has 23 heteroatoms. The van der Waals surface area contributed by atoms with Gasteiger partial charge < -0.3 is 72.9 Å². The lowest BCUT2D eigenvalue weighted by Crippen LogP contribution is -2.47. The van der Waals surface area contributed by atoms with E-state index in [0.717, 1.165) is 45.4 Å². The Balaban J connectivity index is -0.00000404. The van der Waals surface area contributed by atoms with Gasteiger partial charge in [-0.15, -0.1) is 0 Å². The quantitative estimate of drug-likeness (QED) is 0.0237. The normalized spacial score (nSPS) is 10.9. The average Bonchev–Trinajstić information content (AvgIpc) is 3.29. The molecule has 0 aliphatic heterocycles. The number of rotatable bonds is 44. The van der Waals surface area contributed by atoms with Crippen LogP contribution in [0.15, 0.2) is 4.99 Å². The van der Waals surface area contributed by atoms with Gasteiger partial charge >= 0.3 is 5.97 Å². The number of hydrogen-bond donors (Lipinski definition) is 10. The largest absolute Gasteiger partial charge is 0.481 e. The molecule has 0 aliphatic carbocycles. The molecule has 0 unspecified atom stereocenters. The van der Waals surface area contributed by atoms with E-state index >= 15 is 0 Å². The highest BCUT2D eigenvalue weighted by molar-refractivity contribution is 5.87. The van der Waals surface area contributed by atoms with Crippen molar-refractivity contribution >= 4 is 53.3 Å². The van der Waals surface area contributed by atoms with E-state index in [1.807, 2.05) is 0 Å². The third-order valence-corrected chi connectivity index (χ3v) is 9.71. The molecule has 0 aromatic carbocycles. The standard InChI is InChI=1S/C41H78N8O11.C4H9NO.C2H4O2/c1-44-40(56)34(18-16-23-48-41(42)43)49-38(53)33-60-31-29-58-27-25-47-37(52)32-59-30-28-57-26-24-46-36(51)20-17-22-45-35(50)19-14-12-10-8-6-4-2-3-5-7-9-11-13-15-21-39(54)55;1-3(2)4(5)6;1-2(3)4/h34H,2-33H2,1H3,(H,44,56)(H,45,50)(H,46,51)(H,47,52)(H,49,53)(H,54,55)(H4,42,43,48);3H,1-2H3,(H2,5,6);1H3,(H,3,4)/t34-;;/m1../s1. The van der Waals surface area contributed by atoms with E-state index in [9.17, 15) is 33.6 Å². The summed E-state index contributed by atoms with van der Waals surface area (Å²) in [5.74, 6) is -2.98. The number of carboxylic acids is 2. The number of aliphatic imine (C=N–C) groups is 1. The second-order valence-corrected chi connectivity index (χ2v) is 16.6. The zero-order valence-corrected chi connectivity index (χ0v) is 42.8. The highest BCUT2D eigenvalue weighted by Gasteiger charge is 2.19. The van der Waals surface area contributed by atoms with Crippen molar-refractivity contribution in [3.8, 4) is 0 Å². The summed E-state index contributed by atoms with van der Waals surface area (Å²) in [7, 11) is 1.48. The fourth-order valence-electron chi connectivity index (χ4n) is 5.87. The first-order valence-corrected chi connectivity index (χ1v) is 24.8. The number of nitrogens with one attached hydrogen (secondary N) is 5. The lowest BCUT2D eigenvalue weighted by Gasteiger charge is -2.17. The Bertz CT molecular complexity index is 1420. The summed E-state index contributed by atoms with van der Waals surface area (Å²) >= 11 is 0. The smallest absolute Gasteiger partial charge is 0.303 e. The van der Waals surface area contributed by atoms with Crippen LogP contribution in [0.3, 0.4) is 0 Å². The highest BCUT2D eigenvalue weighted by Crippen LogP contribution is 2.14. The number of aliphatic carboxylic acids is 2. The zero-order chi connectivity index (χ0) is 53.0. The van der Waals surface area contributed by atoms with Crippen molar-refractivity contribution in [3.63, 3.8) is 0 Å². The van der Waals surface area contributed by atoms with E-state index in [-0.39, 0.29) is 101 Å². The van der Waals surface area contributed by atoms with E-state index in [2.05, 4.69) is 31.6 Å². The van der Waals surface area contributed by atoms with E-state index in [4.69, 9.17) is 51.2 Å².